The molecule has 0 saturated carbocycles. The summed E-state index contributed by atoms with van der Waals surface area (Å²) in [6.07, 6.45) is 5.48. The maximum Gasteiger partial charge on any atom is 0.262 e. The average molecular weight is 486 g/mol. The zero-order chi connectivity index (χ0) is 24.7. The van der Waals surface area contributed by atoms with Gasteiger partial charge < -0.3 is 24.6 Å². The van der Waals surface area contributed by atoms with E-state index in [9.17, 15) is 9.90 Å². The van der Waals surface area contributed by atoms with Crippen molar-refractivity contribution in [2.45, 2.75) is 24.9 Å². The van der Waals surface area contributed by atoms with Crippen molar-refractivity contribution in [3.05, 3.63) is 60.1 Å². The number of carbonyl (C=O) groups excluding carboxylic acids is 1. The Morgan fingerprint density at radius 3 is 2.75 bits per heavy atom. The second kappa shape index (κ2) is 8.68. The Morgan fingerprint density at radius 1 is 1.08 bits per heavy atom. The smallest absolute Gasteiger partial charge is 0.262 e. The van der Waals surface area contributed by atoms with Crippen molar-refractivity contribution >= 4 is 17.5 Å². The van der Waals surface area contributed by atoms with E-state index in [0.717, 1.165) is 24.1 Å². The van der Waals surface area contributed by atoms with Crippen LogP contribution in [0.2, 0.25) is 0 Å². The van der Waals surface area contributed by atoms with Crippen molar-refractivity contribution < 1.29 is 19.2 Å². The number of aliphatic hydroxyl groups is 1. The molecule has 36 heavy (non-hydrogen) atoms. The van der Waals surface area contributed by atoms with Crippen LogP contribution in [-0.4, -0.2) is 61.2 Å². The summed E-state index contributed by atoms with van der Waals surface area (Å²) in [5.74, 6) is 0.786. The molecule has 2 aliphatic heterocycles. The first-order valence-corrected chi connectivity index (χ1v) is 11.6. The summed E-state index contributed by atoms with van der Waals surface area (Å²) in [7, 11) is 1.64. The summed E-state index contributed by atoms with van der Waals surface area (Å²) in [6.45, 7) is 1.13. The third kappa shape index (κ3) is 3.93. The number of hydrogen-bond donors (Lipinski definition) is 2. The van der Waals surface area contributed by atoms with E-state index in [4.69, 9.17) is 9.26 Å². The Kier molecular flexibility index (Phi) is 5.33. The lowest BCUT2D eigenvalue weighted by Gasteiger charge is -2.16. The second-order valence-corrected chi connectivity index (χ2v) is 8.85. The molecule has 0 spiro atoms. The molecule has 1 atom stereocenters. The van der Waals surface area contributed by atoms with Crippen LogP contribution in [0.1, 0.15) is 24.2 Å². The molecular weight excluding hydrogens is 462 g/mol. The van der Waals surface area contributed by atoms with Gasteiger partial charge in [0.25, 0.3) is 5.91 Å². The minimum absolute atomic E-state index is 0.108. The highest BCUT2D eigenvalue weighted by Gasteiger charge is 2.48. The van der Waals surface area contributed by atoms with E-state index >= 15 is 0 Å². The molecule has 1 fully saturated rings. The quantitative estimate of drug-likeness (QED) is 0.434. The van der Waals surface area contributed by atoms with Gasteiger partial charge in [-0.25, -0.2) is 19.9 Å². The number of fused-ring (bicyclic) bond motifs is 1. The van der Waals surface area contributed by atoms with Gasteiger partial charge in [-0.05, 0) is 37.1 Å². The molecule has 0 aromatic carbocycles. The number of likely N-dealkylation sites (N-methyl/N-ethyl adjacent to an activating group) is 1. The van der Waals surface area contributed by atoms with Gasteiger partial charge in [0, 0.05) is 37.8 Å². The Morgan fingerprint density at radius 2 is 1.92 bits per heavy atom. The Labute approximate surface area is 206 Å². The molecule has 0 radical (unpaired) electrons. The number of likely N-dealkylation sites (tertiary alicyclic amines) is 1. The number of aryl methyl sites for hydroxylation is 1. The fourth-order valence-electron chi connectivity index (χ4n) is 4.39. The van der Waals surface area contributed by atoms with E-state index in [1.807, 2.05) is 18.2 Å². The molecule has 0 bridgehead atoms. The molecule has 11 heteroatoms. The Hall–Kier alpha value is -4.38. The number of ether oxygens (including phenoxy) is 1. The molecule has 2 aliphatic rings. The number of pyridine rings is 2. The Bertz CT molecular complexity index is 1460. The van der Waals surface area contributed by atoms with Gasteiger partial charge in [-0.3, -0.25) is 4.79 Å². The summed E-state index contributed by atoms with van der Waals surface area (Å²) >= 11 is 0. The monoisotopic (exact) mass is 485 g/mol. The van der Waals surface area contributed by atoms with E-state index in [1.54, 1.807) is 37.6 Å². The van der Waals surface area contributed by atoms with E-state index in [2.05, 4.69) is 30.4 Å². The van der Waals surface area contributed by atoms with Crippen LogP contribution in [0.5, 0.6) is 5.88 Å². The molecule has 1 saturated heterocycles. The van der Waals surface area contributed by atoms with Crippen molar-refractivity contribution in [2.24, 2.45) is 0 Å². The van der Waals surface area contributed by atoms with E-state index in [1.165, 1.54) is 4.90 Å². The molecule has 4 aromatic heterocycles. The molecule has 1 amide bonds. The van der Waals surface area contributed by atoms with Gasteiger partial charge in [0.2, 0.25) is 17.4 Å². The molecule has 11 nitrogen and oxygen atoms in total. The van der Waals surface area contributed by atoms with Crippen LogP contribution < -0.4 is 10.1 Å². The highest BCUT2D eigenvalue weighted by Crippen LogP contribution is 2.34. The molecule has 6 rings (SSSR count). The number of carbonyl (C=O) groups is 1. The van der Waals surface area contributed by atoms with Gasteiger partial charge in [0.15, 0.2) is 5.76 Å². The molecular formula is C25H23N7O4. The predicted octanol–water partition coefficient (Wildman–Crippen LogP) is 2.71. The van der Waals surface area contributed by atoms with E-state index in [0.29, 0.717) is 47.8 Å². The lowest BCUT2D eigenvalue weighted by Crippen LogP contribution is -2.35. The van der Waals surface area contributed by atoms with Crippen molar-refractivity contribution in [1.82, 2.24) is 30.0 Å². The number of amides is 1. The molecule has 1 unspecified atom stereocenters. The number of nitrogens with one attached hydrogen (secondary N) is 1. The van der Waals surface area contributed by atoms with Crippen LogP contribution in [0.25, 0.3) is 22.8 Å². The van der Waals surface area contributed by atoms with Gasteiger partial charge in [-0.15, -0.1) is 0 Å². The number of hydrogen-bond acceptors (Lipinski definition) is 10. The molecule has 6 heterocycles. The SMILES string of the molecule is CN1CCC(O)(c2cc(-c3cccc(-c4ccnc(Nc5cnc6c(c5)CCCO6)n4)n3)no2)C1=O. The normalized spacial score (nSPS) is 19.2. The topological polar surface area (TPSA) is 139 Å². The maximum absolute atomic E-state index is 12.4. The lowest BCUT2D eigenvalue weighted by atomic mass is 9.98. The summed E-state index contributed by atoms with van der Waals surface area (Å²) < 4.78 is 10.9. The maximum atomic E-state index is 12.4. The first-order chi connectivity index (χ1) is 17.5. The predicted molar refractivity (Wildman–Crippen MR) is 128 cm³/mol. The largest absolute Gasteiger partial charge is 0.477 e. The summed E-state index contributed by atoms with van der Waals surface area (Å²) in [4.78, 5) is 31.8. The van der Waals surface area contributed by atoms with E-state index in [-0.39, 0.29) is 12.2 Å². The van der Waals surface area contributed by atoms with Crippen LogP contribution in [-0.2, 0) is 16.8 Å². The molecule has 2 N–H and O–H groups in total. The minimum Gasteiger partial charge on any atom is -0.477 e. The first kappa shape index (κ1) is 22.1. The van der Waals surface area contributed by atoms with Crippen molar-refractivity contribution in [3.8, 4) is 28.7 Å². The van der Waals surface area contributed by atoms with Crippen LogP contribution in [0.15, 0.2) is 53.3 Å². The molecule has 4 aromatic rings. The van der Waals surface area contributed by atoms with Crippen LogP contribution >= 0.6 is 0 Å². The standard InChI is InChI=1S/C25H23N7O4/c1-32-10-8-25(34,23(32)33)21-13-20(31-36-21)18-6-2-5-17(29-18)19-7-9-26-24(30-19)28-16-12-15-4-3-11-35-22(15)27-14-16/h2,5-7,9,12-14,34H,3-4,8,10-11H2,1H3,(H,26,28,30). The second-order valence-electron chi connectivity index (χ2n) is 8.85. The molecule has 182 valence electrons. The summed E-state index contributed by atoms with van der Waals surface area (Å²) in [5, 5.41) is 18.1. The number of aromatic nitrogens is 5. The van der Waals surface area contributed by atoms with Crippen LogP contribution in [0, 0.1) is 0 Å². The van der Waals surface area contributed by atoms with Crippen LogP contribution in [0.3, 0.4) is 0 Å². The minimum atomic E-state index is -1.71. The average Bonchev–Trinajstić information content (AvgIpc) is 3.51. The van der Waals surface area contributed by atoms with Gasteiger partial charge in [0.05, 0.1) is 35.6 Å². The summed E-state index contributed by atoms with van der Waals surface area (Å²) in [6, 6.07) is 10.8. The summed E-state index contributed by atoms with van der Waals surface area (Å²) in [5.41, 5.74) is 2.28. The Balaban J connectivity index is 1.25. The first-order valence-electron chi connectivity index (χ1n) is 11.6. The number of rotatable bonds is 5. The number of anilines is 2. The van der Waals surface area contributed by atoms with Gasteiger partial charge in [-0.1, -0.05) is 11.2 Å². The van der Waals surface area contributed by atoms with Crippen molar-refractivity contribution in [3.63, 3.8) is 0 Å². The highest BCUT2D eigenvalue weighted by atomic mass is 16.5. The fraction of sp³-hybridized carbons (Fsp3) is 0.280. The number of nitrogens with zero attached hydrogens (tertiary/aromatic N) is 6. The van der Waals surface area contributed by atoms with Crippen molar-refractivity contribution in [2.75, 3.05) is 25.5 Å². The highest BCUT2D eigenvalue weighted by molar-refractivity contribution is 5.87. The molecule has 0 aliphatic carbocycles. The van der Waals surface area contributed by atoms with Crippen LogP contribution in [0.4, 0.5) is 11.6 Å². The zero-order valence-electron chi connectivity index (χ0n) is 19.5. The fourth-order valence-corrected chi connectivity index (χ4v) is 4.39. The third-order valence-electron chi connectivity index (χ3n) is 6.37. The third-order valence-corrected chi connectivity index (χ3v) is 6.37. The lowest BCUT2D eigenvalue weighted by molar-refractivity contribution is -0.144. The van der Waals surface area contributed by atoms with Gasteiger partial charge in [-0.2, -0.15) is 0 Å². The van der Waals surface area contributed by atoms with Gasteiger partial charge >= 0.3 is 0 Å². The van der Waals surface area contributed by atoms with E-state index < -0.39 is 11.5 Å². The zero-order valence-corrected chi connectivity index (χ0v) is 19.5. The van der Waals surface area contributed by atoms with Gasteiger partial charge in [0.1, 0.15) is 5.69 Å². The van der Waals surface area contributed by atoms with Crippen molar-refractivity contribution in [1.29, 1.82) is 0 Å².